The van der Waals surface area contributed by atoms with Crippen LogP contribution in [-0.4, -0.2) is 41.5 Å². The van der Waals surface area contributed by atoms with E-state index in [2.05, 4.69) is 43.4 Å². The van der Waals surface area contributed by atoms with Gasteiger partial charge in [0.25, 0.3) is 0 Å². The van der Waals surface area contributed by atoms with Crippen molar-refractivity contribution < 1.29 is 14.7 Å². The van der Waals surface area contributed by atoms with Crippen LogP contribution in [0.2, 0.25) is 0 Å². The van der Waals surface area contributed by atoms with E-state index in [-0.39, 0.29) is 18.5 Å². The Hall–Kier alpha value is -1.88. The summed E-state index contributed by atoms with van der Waals surface area (Å²) in [5.74, 6) is -0.224. The molecule has 1 amide bonds. The number of hydrogen-bond acceptors (Lipinski definition) is 3. The van der Waals surface area contributed by atoms with Crippen molar-refractivity contribution in [1.29, 1.82) is 0 Å². The fourth-order valence-electron chi connectivity index (χ4n) is 3.35. The van der Waals surface area contributed by atoms with Crippen molar-refractivity contribution in [2.45, 2.75) is 46.6 Å². The molecule has 1 saturated heterocycles. The number of hydrogen-bond donors (Lipinski definition) is 2. The van der Waals surface area contributed by atoms with Gasteiger partial charge in [0.05, 0.1) is 18.0 Å². The van der Waals surface area contributed by atoms with Crippen LogP contribution < -0.4 is 5.32 Å². The molecule has 25 heavy (non-hydrogen) atoms. The number of carbonyl (C=O) groups is 2. The molecule has 0 aromatic heterocycles. The lowest BCUT2D eigenvalue weighted by Crippen LogP contribution is -2.39. The molecule has 0 aliphatic carbocycles. The zero-order valence-electron chi connectivity index (χ0n) is 15.7. The maximum atomic E-state index is 12.3. The summed E-state index contributed by atoms with van der Waals surface area (Å²) in [7, 11) is 0. The summed E-state index contributed by atoms with van der Waals surface area (Å²) in [5.41, 5.74) is 1.65. The average molecular weight is 346 g/mol. The van der Waals surface area contributed by atoms with E-state index in [0.717, 1.165) is 12.0 Å². The summed E-state index contributed by atoms with van der Waals surface area (Å²) in [5, 5.41) is 12.3. The minimum atomic E-state index is -0.787. The first-order valence-electron chi connectivity index (χ1n) is 9.03. The Bertz CT molecular complexity index is 612. The Morgan fingerprint density at radius 1 is 1.24 bits per heavy atom. The van der Waals surface area contributed by atoms with Gasteiger partial charge < -0.3 is 10.4 Å². The Morgan fingerprint density at radius 2 is 1.88 bits per heavy atom. The second-order valence-corrected chi connectivity index (χ2v) is 7.96. The second kappa shape index (κ2) is 8.00. The van der Waals surface area contributed by atoms with Gasteiger partial charge in [0.15, 0.2) is 0 Å². The van der Waals surface area contributed by atoms with Crippen LogP contribution in [0.15, 0.2) is 24.3 Å². The summed E-state index contributed by atoms with van der Waals surface area (Å²) >= 11 is 0. The zero-order chi connectivity index (χ0) is 18.6. The molecule has 5 nitrogen and oxygen atoms in total. The minimum absolute atomic E-state index is 0.0611. The number of nitrogens with one attached hydrogen (secondary N) is 1. The Kier molecular flexibility index (Phi) is 6.22. The van der Waals surface area contributed by atoms with E-state index >= 15 is 0 Å². The molecular weight excluding hydrogens is 316 g/mol. The van der Waals surface area contributed by atoms with Crippen molar-refractivity contribution in [1.82, 2.24) is 10.2 Å². The first kappa shape index (κ1) is 19.4. The maximum Gasteiger partial charge on any atom is 0.310 e. The molecule has 1 heterocycles. The van der Waals surface area contributed by atoms with E-state index in [4.69, 9.17) is 0 Å². The van der Waals surface area contributed by atoms with Crippen LogP contribution in [0.25, 0.3) is 0 Å². The number of benzene rings is 1. The highest BCUT2D eigenvalue weighted by Gasteiger charge is 2.40. The molecular formula is C20H30N2O3. The largest absolute Gasteiger partial charge is 0.481 e. The number of nitrogens with zero attached hydrogens (tertiary/aromatic N) is 1. The lowest BCUT2D eigenvalue weighted by atomic mass is 9.90. The van der Waals surface area contributed by atoms with E-state index in [1.165, 1.54) is 5.56 Å². The van der Waals surface area contributed by atoms with Crippen molar-refractivity contribution in [2.75, 3.05) is 19.6 Å². The molecule has 2 atom stereocenters. The van der Waals surface area contributed by atoms with E-state index < -0.39 is 11.4 Å². The predicted molar refractivity (Wildman–Crippen MR) is 98.3 cm³/mol. The summed E-state index contributed by atoms with van der Waals surface area (Å²) in [6, 6.07) is 8.32. The summed E-state index contributed by atoms with van der Waals surface area (Å²) in [6.07, 6.45) is 1.64. The van der Waals surface area contributed by atoms with Gasteiger partial charge in [0.1, 0.15) is 0 Å². The minimum Gasteiger partial charge on any atom is -0.481 e. The Morgan fingerprint density at radius 3 is 2.40 bits per heavy atom. The summed E-state index contributed by atoms with van der Waals surface area (Å²) in [4.78, 5) is 25.5. The standard InChI is InChI=1S/C20H30N2O3/c1-14(2)11-16-5-7-17(8-6-16)15(3)21-18(23)12-22-10-9-20(4,13-22)19(24)25/h5-8,14-15H,9-13H2,1-4H3,(H,21,23)(H,24,25). The molecule has 0 radical (unpaired) electrons. The van der Waals surface area contributed by atoms with Gasteiger partial charge in [0, 0.05) is 6.54 Å². The lowest BCUT2D eigenvalue weighted by molar-refractivity contribution is -0.147. The first-order chi connectivity index (χ1) is 11.7. The van der Waals surface area contributed by atoms with Gasteiger partial charge in [-0.1, -0.05) is 38.1 Å². The number of rotatable bonds is 7. The van der Waals surface area contributed by atoms with Gasteiger partial charge in [0.2, 0.25) is 5.91 Å². The Balaban J connectivity index is 1.85. The molecule has 1 aromatic carbocycles. The molecule has 0 spiro atoms. The smallest absolute Gasteiger partial charge is 0.310 e. The molecule has 1 aliphatic rings. The van der Waals surface area contributed by atoms with E-state index in [0.29, 0.717) is 25.4 Å². The highest BCUT2D eigenvalue weighted by atomic mass is 16.4. The topological polar surface area (TPSA) is 69.6 Å². The second-order valence-electron chi connectivity index (χ2n) is 7.96. The predicted octanol–water partition coefficient (Wildman–Crippen LogP) is 2.86. The van der Waals surface area contributed by atoms with Crippen LogP contribution in [0.3, 0.4) is 0 Å². The zero-order valence-corrected chi connectivity index (χ0v) is 15.7. The van der Waals surface area contributed by atoms with Crippen molar-refractivity contribution >= 4 is 11.9 Å². The van der Waals surface area contributed by atoms with Crippen molar-refractivity contribution in [2.24, 2.45) is 11.3 Å². The number of likely N-dealkylation sites (tertiary alicyclic amines) is 1. The molecule has 5 heteroatoms. The third kappa shape index (κ3) is 5.30. The van der Waals surface area contributed by atoms with Gasteiger partial charge in [-0.05, 0) is 50.3 Å². The van der Waals surface area contributed by atoms with Gasteiger partial charge in [-0.15, -0.1) is 0 Å². The molecule has 2 unspecified atom stereocenters. The molecule has 138 valence electrons. The number of carboxylic acid groups (broad SMARTS) is 1. The maximum absolute atomic E-state index is 12.3. The van der Waals surface area contributed by atoms with Gasteiger partial charge in [-0.25, -0.2) is 0 Å². The molecule has 1 fully saturated rings. The third-order valence-electron chi connectivity index (χ3n) is 4.94. The summed E-state index contributed by atoms with van der Waals surface area (Å²) in [6.45, 7) is 9.44. The normalized spacial score (nSPS) is 22.1. The summed E-state index contributed by atoms with van der Waals surface area (Å²) < 4.78 is 0. The van der Waals surface area contributed by atoms with Gasteiger partial charge in [-0.2, -0.15) is 0 Å². The van der Waals surface area contributed by atoms with Crippen LogP contribution in [0, 0.1) is 11.3 Å². The fourth-order valence-corrected chi connectivity index (χ4v) is 3.35. The lowest BCUT2D eigenvalue weighted by Gasteiger charge is -2.21. The monoisotopic (exact) mass is 346 g/mol. The highest BCUT2D eigenvalue weighted by molar-refractivity contribution is 5.79. The Labute approximate surface area is 150 Å². The van der Waals surface area contributed by atoms with Crippen molar-refractivity contribution in [3.8, 4) is 0 Å². The number of aliphatic carboxylic acids is 1. The molecule has 2 rings (SSSR count). The quantitative estimate of drug-likeness (QED) is 0.796. The number of amides is 1. The molecule has 0 saturated carbocycles. The van der Waals surface area contributed by atoms with E-state index in [1.807, 2.05) is 11.8 Å². The first-order valence-corrected chi connectivity index (χ1v) is 9.03. The third-order valence-corrected chi connectivity index (χ3v) is 4.94. The molecule has 1 aliphatic heterocycles. The fraction of sp³-hybridized carbons (Fsp3) is 0.600. The molecule has 1 aromatic rings. The van der Waals surface area contributed by atoms with Crippen molar-refractivity contribution in [3.63, 3.8) is 0 Å². The SMILES string of the molecule is CC(C)Cc1ccc(C(C)NC(=O)CN2CCC(C)(C(=O)O)C2)cc1. The van der Waals surface area contributed by atoms with Gasteiger partial charge in [-0.3, -0.25) is 14.5 Å². The molecule has 2 N–H and O–H groups in total. The van der Waals surface area contributed by atoms with Crippen molar-refractivity contribution in [3.05, 3.63) is 35.4 Å². The molecule has 0 bridgehead atoms. The average Bonchev–Trinajstić information content (AvgIpc) is 2.89. The van der Waals surface area contributed by atoms with Crippen LogP contribution in [0.1, 0.15) is 51.3 Å². The van der Waals surface area contributed by atoms with Crippen LogP contribution >= 0.6 is 0 Å². The van der Waals surface area contributed by atoms with Crippen LogP contribution in [0.4, 0.5) is 0 Å². The van der Waals surface area contributed by atoms with E-state index in [9.17, 15) is 14.7 Å². The number of carbonyl (C=O) groups excluding carboxylic acids is 1. The van der Waals surface area contributed by atoms with Gasteiger partial charge >= 0.3 is 5.97 Å². The number of carboxylic acids is 1. The van der Waals surface area contributed by atoms with Crippen LogP contribution in [-0.2, 0) is 16.0 Å². The van der Waals surface area contributed by atoms with E-state index in [1.54, 1.807) is 6.92 Å². The van der Waals surface area contributed by atoms with Crippen LogP contribution in [0.5, 0.6) is 0 Å². The highest BCUT2D eigenvalue weighted by Crippen LogP contribution is 2.29.